The molecule has 0 unspecified atom stereocenters. The van der Waals surface area contributed by atoms with Gasteiger partial charge in [-0.1, -0.05) is 31.4 Å². The quantitative estimate of drug-likeness (QED) is 0.685. The second kappa shape index (κ2) is 11.4. The highest BCUT2D eigenvalue weighted by Crippen LogP contribution is 2.28. The minimum atomic E-state index is -0.159. The van der Waals surface area contributed by atoms with E-state index in [1.807, 2.05) is 32.0 Å². The molecule has 0 spiro atoms. The maximum atomic E-state index is 11.9. The Morgan fingerprint density at radius 3 is 2.58 bits per heavy atom. The molecule has 0 aromatic heterocycles. The van der Waals surface area contributed by atoms with E-state index in [1.165, 1.54) is 32.1 Å². The van der Waals surface area contributed by atoms with Gasteiger partial charge in [0.2, 0.25) is 0 Å². The third kappa shape index (κ3) is 6.98. The lowest BCUT2D eigenvalue weighted by Gasteiger charge is -2.17. The number of nitrogens with one attached hydrogen (secondary N) is 2. The van der Waals surface area contributed by atoms with E-state index in [2.05, 4.69) is 16.7 Å². The third-order valence-corrected chi connectivity index (χ3v) is 4.54. The van der Waals surface area contributed by atoms with Gasteiger partial charge in [0, 0.05) is 12.7 Å². The summed E-state index contributed by atoms with van der Waals surface area (Å²) in [6, 6.07) is 5.76. The van der Waals surface area contributed by atoms with E-state index in [0.29, 0.717) is 25.7 Å². The Kier molecular flexibility index (Phi) is 8.87. The van der Waals surface area contributed by atoms with Crippen molar-refractivity contribution in [3.63, 3.8) is 0 Å². The standard InChI is InChI=1S/C21H32N2O3/c1-3-25-19-11-10-18(16-20(19)26-4-2)13-15-23-21(24)22-14-12-17-8-6-5-7-9-17/h10-12,14,16-17H,3-9,13,15H2,1-2H3,(H2,22,23,24)/b14-12+. The van der Waals surface area contributed by atoms with Crippen LogP contribution >= 0.6 is 0 Å². The van der Waals surface area contributed by atoms with Crippen LogP contribution in [-0.4, -0.2) is 25.8 Å². The summed E-state index contributed by atoms with van der Waals surface area (Å²) in [4.78, 5) is 11.9. The summed E-state index contributed by atoms with van der Waals surface area (Å²) in [6.07, 6.45) is 11.1. The summed E-state index contributed by atoms with van der Waals surface area (Å²) < 4.78 is 11.2. The molecule has 1 aliphatic carbocycles. The molecule has 0 bridgehead atoms. The van der Waals surface area contributed by atoms with Crippen LogP contribution in [0.5, 0.6) is 11.5 Å². The topological polar surface area (TPSA) is 59.6 Å². The van der Waals surface area contributed by atoms with Gasteiger partial charge in [-0.2, -0.15) is 0 Å². The van der Waals surface area contributed by atoms with E-state index in [0.717, 1.165) is 23.5 Å². The molecule has 2 rings (SSSR count). The van der Waals surface area contributed by atoms with Crippen molar-refractivity contribution < 1.29 is 14.3 Å². The molecular weight excluding hydrogens is 328 g/mol. The zero-order chi connectivity index (χ0) is 18.6. The predicted octanol–water partition coefficient (Wildman–Crippen LogP) is 4.42. The van der Waals surface area contributed by atoms with Gasteiger partial charge >= 0.3 is 6.03 Å². The second-order valence-corrected chi connectivity index (χ2v) is 6.55. The molecule has 0 radical (unpaired) electrons. The first-order valence-corrected chi connectivity index (χ1v) is 9.82. The number of hydrogen-bond acceptors (Lipinski definition) is 3. The number of rotatable bonds is 9. The number of amides is 2. The minimum absolute atomic E-state index is 0.159. The van der Waals surface area contributed by atoms with E-state index < -0.39 is 0 Å². The summed E-state index contributed by atoms with van der Waals surface area (Å²) in [5, 5.41) is 5.69. The molecule has 1 fully saturated rings. The van der Waals surface area contributed by atoms with Crippen LogP contribution < -0.4 is 20.1 Å². The minimum Gasteiger partial charge on any atom is -0.490 e. The van der Waals surface area contributed by atoms with E-state index in [9.17, 15) is 4.79 Å². The average Bonchev–Trinajstić information content (AvgIpc) is 2.65. The van der Waals surface area contributed by atoms with Crippen LogP contribution in [0.4, 0.5) is 4.79 Å². The molecule has 0 heterocycles. The van der Waals surface area contributed by atoms with Crippen LogP contribution in [0.15, 0.2) is 30.5 Å². The van der Waals surface area contributed by atoms with Crippen molar-refractivity contribution in [3.8, 4) is 11.5 Å². The van der Waals surface area contributed by atoms with Gasteiger partial charge in [-0.15, -0.1) is 0 Å². The lowest BCUT2D eigenvalue weighted by molar-refractivity contribution is 0.244. The van der Waals surface area contributed by atoms with Crippen LogP contribution in [0.1, 0.15) is 51.5 Å². The number of hydrogen-bond donors (Lipinski definition) is 2. The third-order valence-electron chi connectivity index (χ3n) is 4.54. The van der Waals surface area contributed by atoms with Crippen molar-refractivity contribution in [2.45, 2.75) is 52.4 Å². The Labute approximate surface area is 157 Å². The molecule has 1 aliphatic rings. The molecule has 1 aromatic carbocycles. The first kappa shape index (κ1) is 20.1. The number of ether oxygens (including phenoxy) is 2. The summed E-state index contributed by atoms with van der Waals surface area (Å²) in [5.74, 6) is 2.13. The van der Waals surface area contributed by atoms with E-state index >= 15 is 0 Å². The average molecular weight is 360 g/mol. The Morgan fingerprint density at radius 1 is 1.12 bits per heavy atom. The lowest BCUT2D eigenvalue weighted by Crippen LogP contribution is -2.33. The number of urea groups is 1. The van der Waals surface area contributed by atoms with Gasteiger partial charge in [0.1, 0.15) is 0 Å². The van der Waals surface area contributed by atoms with E-state index in [4.69, 9.17) is 9.47 Å². The van der Waals surface area contributed by atoms with Crippen LogP contribution in [0, 0.1) is 5.92 Å². The largest absolute Gasteiger partial charge is 0.490 e. The Hall–Kier alpha value is -2.17. The van der Waals surface area contributed by atoms with Gasteiger partial charge < -0.3 is 20.1 Å². The van der Waals surface area contributed by atoms with Gasteiger partial charge in [-0.25, -0.2) is 4.79 Å². The fourth-order valence-corrected chi connectivity index (χ4v) is 3.21. The van der Waals surface area contributed by atoms with Crippen molar-refractivity contribution >= 4 is 6.03 Å². The maximum absolute atomic E-state index is 11.9. The monoisotopic (exact) mass is 360 g/mol. The van der Waals surface area contributed by atoms with Crippen LogP contribution in [-0.2, 0) is 6.42 Å². The zero-order valence-electron chi connectivity index (χ0n) is 16.1. The highest BCUT2D eigenvalue weighted by Gasteiger charge is 2.10. The molecular formula is C21H32N2O3. The van der Waals surface area contributed by atoms with Crippen LogP contribution in [0.2, 0.25) is 0 Å². The van der Waals surface area contributed by atoms with Crippen LogP contribution in [0.25, 0.3) is 0 Å². The predicted molar refractivity (Wildman–Crippen MR) is 105 cm³/mol. The normalized spacial score (nSPS) is 15.0. The molecule has 1 aromatic rings. The van der Waals surface area contributed by atoms with Crippen LogP contribution in [0.3, 0.4) is 0 Å². The lowest BCUT2D eigenvalue weighted by atomic mass is 9.89. The molecule has 1 saturated carbocycles. The smallest absolute Gasteiger partial charge is 0.318 e. The first-order chi connectivity index (χ1) is 12.7. The number of allylic oxidation sites excluding steroid dienone is 1. The molecule has 0 saturated heterocycles. The van der Waals surface area contributed by atoms with Gasteiger partial charge in [-0.3, -0.25) is 0 Å². The number of carbonyl (C=O) groups excluding carboxylic acids is 1. The van der Waals surface area contributed by atoms with Gasteiger partial charge in [0.05, 0.1) is 13.2 Å². The summed E-state index contributed by atoms with van der Waals surface area (Å²) in [7, 11) is 0. The number of carbonyl (C=O) groups is 1. The van der Waals surface area contributed by atoms with E-state index in [-0.39, 0.29) is 6.03 Å². The fraction of sp³-hybridized carbons (Fsp3) is 0.571. The highest BCUT2D eigenvalue weighted by atomic mass is 16.5. The molecule has 144 valence electrons. The second-order valence-electron chi connectivity index (χ2n) is 6.55. The van der Waals surface area contributed by atoms with Gasteiger partial charge in [0.25, 0.3) is 0 Å². The molecule has 26 heavy (non-hydrogen) atoms. The Morgan fingerprint density at radius 2 is 1.85 bits per heavy atom. The van der Waals surface area contributed by atoms with Crippen molar-refractivity contribution in [2.75, 3.05) is 19.8 Å². The Balaban J connectivity index is 1.73. The van der Waals surface area contributed by atoms with Crippen molar-refractivity contribution in [3.05, 3.63) is 36.0 Å². The van der Waals surface area contributed by atoms with Crippen molar-refractivity contribution in [2.24, 2.45) is 5.92 Å². The Bertz CT molecular complexity index is 581. The van der Waals surface area contributed by atoms with Gasteiger partial charge in [0.15, 0.2) is 11.5 Å². The SMILES string of the molecule is CCOc1ccc(CCNC(=O)N/C=C/C2CCCCC2)cc1OCC. The molecule has 0 atom stereocenters. The summed E-state index contributed by atoms with van der Waals surface area (Å²) >= 11 is 0. The molecule has 5 nitrogen and oxygen atoms in total. The molecule has 5 heteroatoms. The first-order valence-electron chi connectivity index (χ1n) is 9.82. The molecule has 2 N–H and O–H groups in total. The highest BCUT2D eigenvalue weighted by molar-refractivity contribution is 5.74. The maximum Gasteiger partial charge on any atom is 0.318 e. The molecule has 2 amide bonds. The summed E-state index contributed by atoms with van der Waals surface area (Å²) in [6.45, 7) is 5.68. The van der Waals surface area contributed by atoms with Gasteiger partial charge in [-0.05, 0) is 56.7 Å². The number of benzene rings is 1. The fourth-order valence-electron chi connectivity index (χ4n) is 3.21. The molecule has 0 aliphatic heterocycles. The van der Waals surface area contributed by atoms with Crippen molar-refractivity contribution in [1.29, 1.82) is 0 Å². The summed E-state index contributed by atoms with van der Waals surface area (Å²) in [5.41, 5.74) is 1.11. The van der Waals surface area contributed by atoms with E-state index in [1.54, 1.807) is 6.20 Å². The zero-order valence-corrected chi connectivity index (χ0v) is 16.1. The van der Waals surface area contributed by atoms with Crippen molar-refractivity contribution in [1.82, 2.24) is 10.6 Å².